The van der Waals surface area contributed by atoms with Gasteiger partial charge in [0.2, 0.25) is 5.91 Å². The summed E-state index contributed by atoms with van der Waals surface area (Å²) in [6.45, 7) is 8.62. The van der Waals surface area contributed by atoms with Crippen LogP contribution in [0.2, 0.25) is 0 Å². The Kier molecular flexibility index (Phi) is 5.55. The fourth-order valence-electron chi connectivity index (χ4n) is 2.65. The molecule has 1 saturated heterocycles. The van der Waals surface area contributed by atoms with Crippen LogP contribution in [0.15, 0.2) is 30.3 Å². The topological polar surface area (TPSA) is 52.7 Å². The average Bonchev–Trinajstić information content (AvgIpc) is 2.54. The molecule has 0 saturated carbocycles. The highest BCUT2D eigenvalue weighted by Crippen LogP contribution is 2.11. The van der Waals surface area contributed by atoms with Gasteiger partial charge in [0.05, 0.1) is 6.04 Å². The van der Waals surface area contributed by atoms with Gasteiger partial charge in [0, 0.05) is 37.8 Å². The molecule has 0 radical (unpaired) electrons. The molecule has 2 amide bonds. The van der Waals surface area contributed by atoms with Gasteiger partial charge in [0.15, 0.2) is 0 Å². The zero-order valence-electron chi connectivity index (χ0n) is 13.6. The first kappa shape index (κ1) is 16.5. The minimum atomic E-state index is -0.156. The van der Waals surface area contributed by atoms with Gasteiger partial charge in [-0.15, -0.1) is 0 Å². The third-order valence-corrected chi connectivity index (χ3v) is 3.98. The van der Waals surface area contributed by atoms with Crippen LogP contribution in [0.1, 0.15) is 31.1 Å². The molecule has 5 heteroatoms. The molecule has 1 atom stereocenters. The Morgan fingerprint density at radius 1 is 1.00 bits per heavy atom. The van der Waals surface area contributed by atoms with Crippen LogP contribution in [0, 0.1) is 0 Å². The van der Waals surface area contributed by atoms with E-state index < -0.39 is 0 Å². The summed E-state index contributed by atoms with van der Waals surface area (Å²) in [6, 6.07) is 9.33. The van der Waals surface area contributed by atoms with Crippen LogP contribution in [-0.4, -0.2) is 59.9 Å². The lowest BCUT2D eigenvalue weighted by molar-refractivity contribution is -0.126. The minimum Gasteiger partial charge on any atom is -0.353 e. The number of carbonyl (C=O) groups excluding carboxylic acids is 2. The number of carbonyl (C=O) groups is 2. The van der Waals surface area contributed by atoms with E-state index in [0.29, 0.717) is 13.1 Å². The van der Waals surface area contributed by atoms with Gasteiger partial charge in [-0.2, -0.15) is 0 Å². The smallest absolute Gasteiger partial charge is 0.253 e. The standard InChI is InChI=1S/C17H25N3O2/c1-13(2)18-16(21)14(3)19-9-11-20(12-10-19)17(22)15-7-5-4-6-8-15/h4-8,13-14H,9-12H2,1-3H3,(H,18,21). The quantitative estimate of drug-likeness (QED) is 0.914. The van der Waals surface area contributed by atoms with Gasteiger partial charge in [-0.25, -0.2) is 0 Å². The molecule has 1 aromatic rings. The Morgan fingerprint density at radius 2 is 1.59 bits per heavy atom. The average molecular weight is 303 g/mol. The van der Waals surface area contributed by atoms with Gasteiger partial charge in [0.1, 0.15) is 0 Å². The summed E-state index contributed by atoms with van der Waals surface area (Å²) in [7, 11) is 0. The van der Waals surface area contributed by atoms with Crippen molar-refractivity contribution in [2.75, 3.05) is 26.2 Å². The number of nitrogens with zero attached hydrogens (tertiary/aromatic N) is 2. The number of hydrogen-bond acceptors (Lipinski definition) is 3. The summed E-state index contributed by atoms with van der Waals surface area (Å²) < 4.78 is 0. The molecule has 1 fully saturated rings. The SMILES string of the molecule is CC(C)NC(=O)C(C)N1CCN(C(=O)c2ccccc2)CC1. The molecular weight excluding hydrogens is 278 g/mol. The van der Waals surface area contributed by atoms with Crippen LogP contribution in [0.5, 0.6) is 0 Å². The molecule has 120 valence electrons. The predicted molar refractivity (Wildman–Crippen MR) is 86.7 cm³/mol. The fraction of sp³-hybridized carbons (Fsp3) is 0.529. The number of rotatable bonds is 4. The minimum absolute atomic E-state index is 0.0536. The van der Waals surface area contributed by atoms with Gasteiger partial charge in [-0.05, 0) is 32.9 Å². The van der Waals surface area contributed by atoms with Gasteiger partial charge >= 0.3 is 0 Å². The normalized spacial score (nSPS) is 17.4. The third kappa shape index (κ3) is 4.07. The molecule has 22 heavy (non-hydrogen) atoms. The van der Waals surface area contributed by atoms with E-state index in [0.717, 1.165) is 18.7 Å². The number of piperazine rings is 1. The Bertz CT molecular complexity index is 508. The van der Waals surface area contributed by atoms with Gasteiger partial charge in [0.25, 0.3) is 5.91 Å². The Hall–Kier alpha value is -1.88. The van der Waals surface area contributed by atoms with Crippen molar-refractivity contribution in [1.82, 2.24) is 15.1 Å². The fourth-order valence-corrected chi connectivity index (χ4v) is 2.65. The number of benzene rings is 1. The maximum Gasteiger partial charge on any atom is 0.253 e. The zero-order chi connectivity index (χ0) is 16.1. The molecule has 1 aromatic carbocycles. The Balaban J connectivity index is 1.88. The highest BCUT2D eigenvalue weighted by Gasteiger charge is 2.27. The van der Waals surface area contributed by atoms with E-state index in [1.165, 1.54) is 0 Å². The third-order valence-electron chi connectivity index (χ3n) is 3.98. The summed E-state index contributed by atoms with van der Waals surface area (Å²) >= 11 is 0. The van der Waals surface area contributed by atoms with Crippen LogP contribution in [0.3, 0.4) is 0 Å². The lowest BCUT2D eigenvalue weighted by atomic mass is 10.1. The molecule has 1 aliphatic rings. The summed E-state index contributed by atoms with van der Waals surface area (Å²) in [6.07, 6.45) is 0. The molecule has 0 aliphatic carbocycles. The molecule has 0 bridgehead atoms. The van der Waals surface area contributed by atoms with E-state index in [1.54, 1.807) is 0 Å². The molecule has 1 unspecified atom stereocenters. The van der Waals surface area contributed by atoms with E-state index >= 15 is 0 Å². The summed E-state index contributed by atoms with van der Waals surface area (Å²) in [5.74, 6) is 0.123. The molecule has 2 rings (SSSR count). The van der Waals surface area contributed by atoms with Gasteiger partial charge in [-0.1, -0.05) is 18.2 Å². The van der Waals surface area contributed by atoms with Gasteiger partial charge < -0.3 is 10.2 Å². The first-order valence-electron chi connectivity index (χ1n) is 7.88. The molecule has 0 spiro atoms. The van der Waals surface area contributed by atoms with Crippen LogP contribution < -0.4 is 5.32 Å². The van der Waals surface area contributed by atoms with Crippen LogP contribution in [-0.2, 0) is 4.79 Å². The molecule has 1 aliphatic heterocycles. The second kappa shape index (κ2) is 7.40. The molecular formula is C17H25N3O2. The maximum atomic E-state index is 12.4. The lowest BCUT2D eigenvalue weighted by Crippen LogP contribution is -2.55. The van der Waals surface area contributed by atoms with E-state index in [-0.39, 0.29) is 23.9 Å². The summed E-state index contributed by atoms with van der Waals surface area (Å²) in [4.78, 5) is 28.4. The molecule has 1 N–H and O–H groups in total. The predicted octanol–water partition coefficient (Wildman–Crippen LogP) is 1.36. The molecule has 0 aromatic heterocycles. The number of nitrogens with one attached hydrogen (secondary N) is 1. The maximum absolute atomic E-state index is 12.4. The van der Waals surface area contributed by atoms with Crippen molar-refractivity contribution < 1.29 is 9.59 Å². The van der Waals surface area contributed by atoms with Crippen molar-refractivity contribution in [1.29, 1.82) is 0 Å². The van der Waals surface area contributed by atoms with E-state index in [9.17, 15) is 9.59 Å². The second-order valence-electron chi connectivity index (χ2n) is 6.03. The van der Waals surface area contributed by atoms with E-state index in [2.05, 4.69) is 10.2 Å². The van der Waals surface area contributed by atoms with Crippen molar-refractivity contribution in [3.8, 4) is 0 Å². The van der Waals surface area contributed by atoms with E-state index in [1.807, 2.05) is 56.0 Å². The monoisotopic (exact) mass is 303 g/mol. The van der Waals surface area contributed by atoms with Crippen molar-refractivity contribution in [2.45, 2.75) is 32.9 Å². The van der Waals surface area contributed by atoms with Crippen LogP contribution in [0.4, 0.5) is 0 Å². The second-order valence-corrected chi connectivity index (χ2v) is 6.03. The summed E-state index contributed by atoms with van der Waals surface area (Å²) in [5, 5.41) is 2.94. The first-order chi connectivity index (χ1) is 10.5. The van der Waals surface area contributed by atoms with E-state index in [4.69, 9.17) is 0 Å². The summed E-state index contributed by atoms with van der Waals surface area (Å²) in [5.41, 5.74) is 0.724. The van der Waals surface area contributed by atoms with Crippen molar-refractivity contribution in [2.24, 2.45) is 0 Å². The first-order valence-corrected chi connectivity index (χ1v) is 7.88. The van der Waals surface area contributed by atoms with Gasteiger partial charge in [-0.3, -0.25) is 14.5 Å². The molecule has 1 heterocycles. The highest BCUT2D eigenvalue weighted by atomic mass is 16.2. The van der Waals surface area contributed by atoms with Crippen LogP contribution in [0.25, 0.3) is 0 Å². The van der Waals surface area contributed by atoms with Crippen molar-refractivity contribution in [3.05, 3.63) is 35.9 Å². The highest BCUT2D eigenvalue weighted by molar-refractivity contribution is 5.94. The Labute approximate surface area is 132 Å². The number of hydrogen-bond donors (Lipinski definition) is 1. The Morgan fingerprint density at radius 3 is 2.14 bits per heavy atom. The largest absolute Gasteiger partial charge is 0.353 e. The number of amides is 2. The zero-order valence-corrected chi connectivity index (χ0v) is 13.6. The van der Waals surface area contributed by atoms with Crippen molar-refractivity contribution in [3.63, 3.8) is 0 Å². The molecule has 5 nitrogen and oxygen atoms in total. The van der Waals surface area contributed by atoms with Crippen molar-refractivity contribution >= 4 is 11.8 Å². The lowest BCUT2D eigenvalue weighted by Gasteiger charge is -2.37. The van der Waals surface area contributed by atoms with Crippen LogP contribution >= 0.6 is 0 Å².